The molecule has 0 saturated heterocycles. The minimum atomic E-state index is 0. The maximum atomic E-state index is 5.66. The van der Waals surface area contributed by atoms with Gasteiger partial charge < -0.3 is 15.4 Å². The van der Waals surface area contributed by atoms with Gasteiger partial charge >= 0.3 is 0 Å². The number of ether oxygens (including phenoxy) is 1. The van der Waals surface area contributed by atoms with E-state index in [1.165, 1.54) is 12.8 Å². The van der Waals surface area contributed by atoms with Crippen LogP contribution < -0.4 is 10.6 Å². The molecule has 2 N–H and O–H groups in total. The molecule has 7 nitrogen and oxygen atoms in total. The molecule has 0 radical (unpaired) electrons. The van der Waals surface area contributed by atoms with Gasteiger partial charge in [0.1, 0.15) is 12.9 Å². The van der Waals surface area contributed by atoms with E-state index in [0.717, 1.165) is 56.1 Å². The highest BCUT2D eigenvalue weighted by Crippen LogP contribution is 2.28. The molecule has 27 heavy (non-hydrogen) atoms. The SMILES string of the molecule is CCNC(=NCc1nncn1-c1ccccc1)NCCCOCC1CC1.I. The van der Waals surface area contributed by atoms with Crippen molar-refractivity contribution >= 4 is 29.9 Å². The smallest absolute Gasteiger partial charge is 0.191 e. The predicted molar refractivity (Wildman–Crippen MR) is 118 cm³/mol. The molecule has 1 aromatic heterocycles. The van der Waals surface area contributed by atoms with E-state index in [-0.39, 0.29) is 24.0 Å². The monoisotopic (exact) mass is 484 g/mol. The van der Waals surface area contributed by atoms with Gasteiger partial charge in [0.15, 0.2) is 11.8 Å². The number of guanidine groups is 1. The van der Waals surface area contributed by atoms with Gasteiger partial charge in [-0.15, -0.1) is 34.2 Å². The number of halogens is 1. The Bertz CT molecular complexity index is 687. The number of aliphatic imine (C=N–C) groups is 1. The molecule has 1 saturated carbocycles. The summed E-state index contributed by atoms with van der Waals surface area (Å²) in [5.41, 5.74) is 1.04. The topological polar surface area (TPSA) is 76.4 Å². The van der Waals surface area contributed by atoms with Crippen molar-refractivity contribution in [1.29, 1.82) is 0 Å². The molecule has 3 rings (SSSR count). The highest BCUT2D eigenvalue weighted by atomic mass is 127. The standard InChI is InChI=1S/C19H28N6O.HI/c1-2-20-19(21-11-6-12-26-14-16-9-10-16)22-13-18-24-23-15-25(18)17-7-4-3-5-8-17;/h3-5,7-8,15-16H,2,6,9-14H2,1H3,(H2,20,21,22);1H. The second kappa shape index (κ2) is 11.9. The Kier molecular flexibility index (Phi) is 9.54. The average Bonchev–Trinajstić information content (AvgIpc) is 3.38. The van der Waals surface area contributed by atoms with E-state index in [0.29, 0.717) is 6.54 Å². The van der Waals surface area contributed by atoms with Crippen LogP contribution in [0.2, 0.25) is 0 Å². The lowest BCUT2D eigenvalue weighted by Gasteiger charge is -2.11. The summed E-state index contributed by atoms with van der Waals surface area (Å²) in [6, 6.07) is 10.1. The fourth-order valence-corrected chi connectivity index (χ4v) is 2.58. The van der Waals surface area contributed by atoms with Gasteiger partial charge in [0, 0.05) is 32.0 Å². The molecule has 2 aromatic rings. The van der Waals surface area contributed by atoms with Gasteiger partial charge in [0.05, 0.1) is 0 Å². The summed E-state index contributed by atoms with van der Waals surface area (Å²) in [6.45, 7) is 5.89. The van der Waals surface area contributed by atoms with E-state index in [1.807, 2.05) is 34.9 Å². The van der Waals surface area contributed by atoms with Crippen molar-refractivity contribution in [3.63, 3.8) is 0 Å². The van der Waals surface area contributed by atoms with Crippen molar-refractivity contribution in [1.82, 2.24) is 25.4 Å². The van der Waals surface area contributed by atoms with Crippen LogP contribution in [0.25, 0.3) is 5.69 Å². The lowest BCUT2D eigenvalue weighted by atomic mass is 10.3. The van der Waals surface area contributed by atoms with Crippen LogP contribution in [0.5, 0.6) is 0 Å². The Labute approximate surface area is 178 Å². The Hall–Kier alpha value is -1.68. The van der Waals surface area contributed by atoms with E-state index >= 15 is 0 Å². The zero-order valence-corrected chi connectivity index (χ0v) is 18.1. The molecule has 0 unspecified atom stereocenters. The van der Waals surface area contributed by atoms with Gasteiger partial charge in [0.2, 0.25) is 0 Å². The highest BCUT2D eigenvalue weighted by Gasteiger charge is 2.20. The molecule has 8 heteroatoms. The Morgan fingerprint density at radius 1 is 1.26 bits per heavy atom. The molecule has 1 fully saturated rings. The number of para-hydroxylation sites is 1. The zero-order valence-electron chi connectivity index (χ0n) is 15.8. The van der Waals surface area contributed by atoms with Gasteiger partial charge in [-0.05, 0) is 44.2 Å². The molecule has 0 atom stereocenters. The number of nitrogens with zero attached hydrogens (tertiary/aromatic N) is 4. The van der Waals surface area contributed by atoms with Gasteiger partial charge in [0.25, 0.3) is 0 Å². The van der Waals surface area contributed by atoms with Crippen LogP contribution in [0.15, 0.2) is 41.7 Å². The van der Waals surface area contributed by atoms with Gasteiger partial charge in [-0.3, -0.25) is 4.57 Å². The first-order valence-corrected chi connectivity index (χ1v) is 9.41. The van der Waals surface area contributed by atoms with Crippen LogP contribution in [0.3, 0.4) is 0 Å². The molecule has 1 aliphatic rings. The molecule has 148 valence electrons. The largest absolute Gasteiger partial charge is 0.381 e. The fraction of sp³-hybridized carbons (Fsp3) is 0.526. The number of hydrogen-bond donors (Lipinski definition) is 2. The highest BCUT2D eigenvalue weighted by molar-refractivity contribution is 14.0. The van der Waals surface area contributed by atoms with E-state index in [1.54, 1.807) is 6.33 Å². The van der Waals surface area contributed by atoms with Crippen LogP contribution in [-0.2, 0) is 11.3 Å². The van der Waals surface area contributed by atoms with Crippen LogP contribution in [0, 0.1) is 5.92 Å². The van der Waals surface area contributed by atoms with Crippen molar-refractivity contribution in [3.05, 3.63) is 42.5 Å². The molecule has 1 heterocycles. The van der Waals surface area contributed by atoms with Crippen LogP contribution in [-0.4, -0.2) is 47.0 Å². The Balaban J connectivity index is 0.00000261. The van der Waals surface area contributed by atoms with Crippen molar-refractivity contribution < 1.29 is 4.74 Å². The molecular formula is C19H29IN6O. The van der Waals surface area contributed by atoms with E-state index in [9.17, 15) is 0 Å². The summed E-state index contributed by atoms with van der Waals surface area (Å²) in [4.78, 5) is 4.63. The molecule has 1 aromatic carbocycles. The second-order valence-corrected chi connectivity index (χ2v) is 6.45. The number of hydrogen-bond acceptors (Lipinski definition) is 4. The first kappa shape index (κ1) is 21.6. The first-order valence-electron chi connectivity index (χ1n) is 9.41. The Morgan fingerprint density at radius 3 is 2.81 bits per heavy atom. The van der Waals surface area contributed by atoms with Gasteiger partial charge in [-0.1, -0.05) is 18.2 Å². The van der Waals surface area contributed by atoms with E-state index in [2.05, 4.69) is 32.7 Å². The summed E-state index contributed by atoms with van der Waals surface area (Å²) in [5.74, 6) is 2.42. The molecular weight excluding hydrogens is 455 g/mol. The third kappa shape index (κ3) is 7.45. The number of aromatic nitrogens is 3. The lowest BCUT2D eigenvalue weighted by Crippen LogP contribution is -2.38. The Morgan fingerprint density at radius 2 is 2.07 bits per heavy atom. The van der Waals surface area contributed by atoms with Crippen LogP contribution >= 0.6 is 24.0 Å². The summed E-state index contributed by atoms with van der Waals surface area (Å²) in [5, 5.41) is 14.8. The molecule has 0 bridgehead atoms. The third-order valence-corrected chi connectivity index (χ3v) is 4.18. The zero-order chi connectivity index (χ0) is 18.0. The fourth-order valence-electron chi connectivity index (χ4n) is 2.58. The summed E-state index contributed by atoms with van der Waals surface area (Å²) in [6.07, 6.45) is 5.36. The van der Waals surface area contributed by atoms with E-state index in [4.69, 9.17) is 4.74 Å². The van der Waals surface area contributed by atoms with Crippen molar-refractivity contribution in [2.75, 3.05) is 26.3 Å². The normalized spacial score (nSPS) is 13.9. The first-order chi connectivity index (χ1) is 12.9. The minimum Gasteiger partial charge on any atom is -0.381 e. The molecule has 0 spiro atoms. The maximum Gasteiger partial charge on any atom is 0.191 e. The summed E-state index contributed by atoms with van der Waals surface area (Å²) < 4.78 is 7.62. The number of rotatable bonds is 10. The van der Waals surface area contributed by atoms with Crippen LogP contribution in [0.4, 0.5) is 0 Å². The molecule has 0 amide bonds. The predicted octanol–water partition coefficient (Wildman–Crippen LogP) is 2.76. The van der Waals surface area contributed by atoms with Gasteiger partial charge in [-0.2, -0.15) is 0 Å². The summed E-state index contributed by atoms with van der Waals surface area (Å²) >= 11 is 0. The number of nitrogens with one attached hydrogen (secondary N) is 2. The summed E-state index contributed by atoms with van der Waals surface area (Å²) in [7, 11) is 0. The lowest BCUT2D eigenvalue weighted by molar-refractivity contribution is 0.123. The van der Waals surface area contributed by atoms with E-state index < -0.39 is 0 Å². The van der Waals surface area contributed by atoms with Crippen LogP contribution in [0.1, 0.15) is 32.0 Å². The minimum absolute atomic E-state index is 0. The van der Waals surface area contributed by atoms with Gasteiger partial charge in [-0.25, -0.2) is 4.99 Å². The quantitative estimate of drug-likeness (QED) is 0.235. The number of benzene rings is 1. The average molecular weight is 484 g/mol. The van der Waals surface area contributed by atoms with Crippen molar-refractivity contribution in [2.45, 2.75) is 32.7 Å². The maximum absolute atomic E-state index is 5.66. The van der Waals surface area contributed by atoms with Crippen molar-refractivity contribution in [3.8, 4) is 5.69 Å². The van der Waals surface area contributed by atoms with Crippen molar-refractivity contribution in [2.24, 2.45) is 10.9 Å². The second-order valence-electron chi connectivity index (χ2n) is 6.45. The third-order valence-electron chi connectivity index (χ3n) is 4.18. The molecule has 0 aliphatic heterocycles. The molecule has 1 aliphatic carbocycles.